The maximum Gasteiger partial charge on any atom is 0.273 e. The third-order valence-corrected chi connectivity index (χ3v) is 6.02. The maximum absolute atomic E-state index is 12.6. The molecule has 2 aromatic rings. The molecule has 0 unspecified atom stereocenters. The van der Waals surface area contributed by atoms with E-state index in [-0.39, 0.29) is 24.4 Å². The lowest BCUT2D eigenvalue weighted by atomic mass is 9.93. The molecule has 0 radical (unpaired) electrons. The van der Waals surface area contributed by atoms with E-state index in [1.165, 1.54) is 12.1 Å². The Hall–Kier alpha value is -3.47. The van der Waals surface area contributed by atoms with Gasteiger partial charge < -0.3 is 14.6 Å². The van der Waals surface area contributed by atoms with Gasteiger partial charge in [0.25, 0.3) is 11.4 Å². The van der Waals surface area contributed by atoms with E-state index in [0.29, 0.717) is 50.4 Å². The molecule has 2 aliphatic rings. The van der Waals surface area contributed by atoms with Gasteiger partial charge >= 0.3 is 0 Å². The topological polar surface area (TPSA) is 125 Å². The Balaban J connectivity index is 0.000000201. The molecule has 0 atom stereocenters. The normalized spacial score (nSPS) is 15.3. The lowest BCUT2D eigenvalue weighted by molar-refractivity contribution is -0.385. The van der Waals surface area contributed by atoms with E-state index in [1.807, 2.05) is 24.3 Å². The minimum atomic E-state index is -0.596. The first-order valence-corrected chi connectivity index (χ1v) is 11.7. The molecule has 0 aliphatic carbocycles. The first-order chi connectivity index (χ1) is 17.5. The molecule has 0 saturated heterocycles. The van der Waals surface area contributed by atoms with Gasteiger partial charge in [-0.15, -0.1) is 0 Å². The van der Waals surface area contributed by atoms with Crippen molar-refractivity contribution in [1.29, 1.82) is 0 Å². The number of aliphatic hydroxyl groups excluding tert-OH is 1. The lowest BCUT2D eigenvalue weighted by Crippen LogP contribution is -2.08. The van der Waals surface area contributed by atoms with Crippen molar-refractivity contribution in [2.45, 2.75) is 25.7 Å². The average molecular weight is 501 g/mol. The zero-order valence-corrected chi connectivity index (χ0v) is 19.9. The quantitative estimate of drug-likeness (QED) is 0.406. The van der Waals surface area contributed by atoms with Crippen LogP contribution in [-0.2, 0) is 22.3 Å². The molecular weight excluding hydrogens is 471 g/mol. The fourth-order valence-corrected chi connectivity index (χ4v) is 4.37. The summed E-state index contributed by atoms with van der Waals surface area (Å²) >= 11 is 0. The smallest absolute Gasteiger partial charge is 0.273 e. The molecule has 2 aromatic carbocycles. The molecule has 0 saturated carbocycles. The molecule has 1 N–H and O–H groups in total. The second-order valence-corrected chi connectivity index (χ2v) is 8.14. The monoisotopic (exact) mass is 500 g/mol. The molecule has 10 heteroatoms. The minimum absolute atomic E-state index is 0.00228. The molecule has 0 spiro atoms. The minimum Gasteiger partial charge on any atom is -0.396 e. The van der Waals surface area contributed by atoms with Crippen molar-refractivity contribution in [1.82, 2.24) is 0 Å². The highest BCUT2D eigenvalue weighted by Crippen LogP contribution is 2.32. The second-order valence-electron chi connectivity index (χ2n) is 8.14. The number of hydrogen-bond acceptors (Lipinski definition) is 7. The van der Waals surface area contributed by atoms with Crippen LogP contribution in [0.25, 0.3) is 11.1 Å². The number of nitrogens with zero attached hydrogens (tertiary/aromatic N) is 2. The van der Waals surface area contributed by atoms with Gasteiger partial charge in [-0.05, 0) is 35.1 Å². The molecule has 2 aliphatic heterocycles. The number of nitro benzene ring substituents is 2. The summed E-state index contributed by atoms with van der Waals surface area (Å²) < 4.78 is 23.1. The number of alkyl halides is 1. The van der Waals surface area contributed by atoms with Gasteiger partial charge in [-0.1, -0.05) is 36.4 Å². The van der Waals surface area contributed by atoms with E-state index >= 15 is 0 Å². The SMILES string of the molecule is O=[N+]([O-])c1cccc(C2=CCOCC2)c1CCF.O=[N+]([O-])c1cccc(C2=CCOCC2)c1CCO. The summed E-state index contributed by atoms with van der Waals surface area (Å²) in [4.78, 5) is 21.1. The van der Waals surface area contributed by atoms with Crippen molar-refractivity contribution in [2.24, 2.45) is 0 Å². The highest BCUT2D eigenvalue weighted by Gasteiger charge is 2.21. The summed E-state index contributed by atoms with van der Waals surface area (Å²) in [5.41, 5.74) is 4.89. The van der Waals surface area contributed by atoms with E-state index in [0.717, 1.165) is 28.7 Å². The third kappa shape index (κ3) is 6.81. The van der Waals surface area contributed by atoms with E-state index in [2.05, 4.69) is 0 Å². The maximum atomic E-state index is 12.6. The molecule has 0 amide bonds. The molecule has 2 heterocycles. The van der Waals surface area contributed by atoms with Crippen LogP contribution >= 0.6 is 0 Å². The summed E-state index contributed by atoms with van der Waals surface area (Å²) in [6.07, 6.45) is 5.68. The molecule has 4 rings (SSSR count). The van der Waals surface area contributed by atoms with Gasteiger partial charge in [0.1, 0.15) is 0 Å². The van der Waals surface area contributed by atoms with Crippen LogP contribution in [0.1, 0.15) is 35.1 Å². The number of ether oxygens (including phenoxy) is 2. The van der Waals surface area contributed by atoms with Gasteiger partial charge in [0.2, 0.25) is 0 Å². The second kappa shape index (κ2) is 13.6. The molecule has 0 fully saturated rings. The van der Waals surface area contributed by atoms with Crippen molar-refractivity contribution in [2.75, 3.05) is 39.7 Å². The van der Waals surface area contributed by atoms with Crippen LogP contribution in [0.4, 0.5) is 15.8 Å². The molecule has 36 heavy (non-hydrogen) atoms. The van der Waals surface area contributed by atoms with Crippen LogP contribution in [0.2, 0.25) is 0 Å². The third-order valence-electron chi connectivity index (χ3n) is 6.02. The summed E-state index contributed by atoms with van der Waals surface area (Å²) in [6.45, 7) is 1.59. The number of benzene rings is 2. The van der Waals surface area contributed by atoms with E-state index in [4.69, 9.17) is 14.6 Å². The van der Waals surface area contributed by atoms with Crippen LogP contribution in [0.5, 0.6) is 0 Å². The Labute approximate surface area is 208 Å². The van der Waals surface area contributed by atoms with Crippen LogP contribution < -0.4 is 0 Å². The Morgan fingerprint density at radius 3 is 1.64 bits per heavy atom. The van der Waals surface area contributed by atoms with Crippen LogP contribution in [0.3, 0.4) is 0 Å². The summed E-state index contributed by atoms with van der Waals surface area (Å²) in [6, 6.07) is 9.92. The Bertz CT molecular complexity index is 1060. The van der Waals surface area contributed by atoms with Crippen molar-refractivity contribution in [3.63, 3.8) is 0 Å². The van der Waals surface area contributed by atoms with Gasteiger partial charge in [0, 0.05) is 42.7 Å². The van der Waals surface area contributed by atoms with Gasteiger partial charge in [-0.2, -0.15) is 0 Å². The molecule has 9 nitrogen and oxygen atoms in total. The largest absolute Gasteiger partial charge is 0.396 e. The van der Waals surface area contributed by atoms with E-state index < -0.39 is 16.5 Å². The first kappa shape index (κ1) is 27.1. The first-order valence-electron chi connectivity index (χ1n) is 11.7. The number of aliphatic hydroxyl groups is 1. The molecule has 192 valence electrons. The number of hydrogen-bond donors (Lipinski definition) is 1. The average Bonchev–Trinajstić information content (AvgIpc) is 2.90. The summed E-state index contributed by atoms with van der Waals surface area (Å²) in [5.74, 6) is 0. The fraction of sp³-hybridized carbons (Fsp3) is 0.385. The Morgan fingerprint density at radius 1 is 0.806 bits per heavy atom. The predicted octanol–water partition coefficient (Wildman–Crippen LogP) is 4.84. The van der Waals surface area contributed by atoms with Crippen LogP contribution in [-0.4, -0.2) is 54.7 Å². The number of rotatable bonds is 8. The lowest BCUT2D eigenvalue weighted by Gasteiger charge is -2.16. The predicted molar refractivity (Wildman–Crippen MR) is 133 cm³/mol. The van der Waals surface area contributed by atoms with Crippen molar-refractivity contribution >= 4 is 22.5 Å². The zero-order valence-electron chi connectivity index (χ0n) is 19.9. The fourth-order valence-electron chi connectivity index (χ4n) is 4.37. The highest BCUT2D eigenvalue weighted by molar-refractivity contribution is 5.73. The van der Waals surface area contributed by atoms with Crippen molar-refractivity contribution in [3.05, 3.63) is 91.0 Å². The van der Waals surface area contributed by atoms with Gasteiger partial charge in [-0.25, -0.2) is 0 Å². The summed E-state index contributed by atoms with van der Waals surface area (Å²) in [5, 5.41) is 31.1. The van der Waals surface area contributed by atoms with E-state index in [1.54, 1.807) is 12.1 Å². The number of nitro groups is 2. The zero-order chi connectivity index (χ0) is 25.9. The molecular formula is C26H29FN2O7. The number of halogens is 1. The van der Waals surface area contributed by atoms with Gasteiger partial charge in [0.15, 0.2) is 0 Å². The van der Waals surface area contributed by atoms with Crippen molar-refractivity contribution in [3.8, 4) is 0 Å². The van der Waals surface area contributed by atoms with Crippen LogP contribution in [0.15, 0.2) is 48.6 Å². The van der Waals surface area contributed by atoms with Gasteiger partial charge in [0.05, 0.1) is 42.9 Å². The summed E-state index contributed by atoms with van der Waals surface area (Å²) in [7, 11) is 0. The standard InChI is InChI=1S/C13H14FNO3.C13H15NO4/c14-7-4-12-11(10-5-8-18-9-6-10)2-1-3-13(12)15(16)17;15-7-4-12-11(10-5-8-18-9-6-10)2-1-3-13(12)14(16)17/h1-3,5H,4,6-9H2;1-3,5,15H,4,6-9H2. The Morgan fingerprint density at radius 2 is 1.28 bits per heavy atom. The molecule has 0 aromatic heterocycles. The Kier molecular flexibility index (Phi) is 10.2. The van der Waals surface area contributed by atoms with E-state index in [9.17, 15) is 24.6 Å². The highest BCUT2D eigenvalue weighted by atomic mass is 19.1. The van der Waals surface area contributed by atoms with Crippen molar-refractivity contribution < 1.29 is 28.8 Å². The molecule has 0 bridgehead atoms. The van der Waals surface area contributed by atoms with Gasteiger partial charge in [-0.3, -0.25) is 24.6 Å². The van der Waals surface area contributed by atoms with Crippen LogP contribution in [0, 0.1) is 20.2 Å².